The van der Waals surface area contributed by atoms with Gasteiger partial charge in [0.15, 0.2) is 0 Å². The number of carbonyl (C=O) groups excluding carboxylic acids is 1. The van der Waals surface area contributed by atoms with Crippen LogP contribution in [-0.4, -0.2) is 18.8 Å². The quantitative estimate of drug-likeness (QED) is 0.789. The summed E-state index contributed by atoms with van der Waals surface area (Å²) in [6, 6.07) is 6.17. The van der Waals surface area contributed by atoms with E-state index in [1.54, 1.807) is 12.1 Å². The molecule has 88 valence electrons. The van der Waals surface area contributed by atoms with Crippen molar-refractivity contribution in [1.29, 1.82) is 0 Å². The van der Waals surface area contributed by atoms with Gasteiger partial charge < -0.3 is 4.74 Å². The molecule has 0 atom stereocenters. The van der Waals surface area contributed by atoms with Gasteiger partial charge in [0, 0.05) is 5.57 Å². The highest BCUT2D eigenvalue weighted by Gasteiger charge is 2.42. The van der Waals surface area contributed by atoms with E-state index in [1.165, 1.54) is 31.4 Å². The fourth-order valence-electron chi connectivity index (χ4n) is 1.62. The van der Waals surface area contributed by atoms with Crippen LogP contribution in [0.25, 0.3) is 5.57 Å². The number of rotatable bonds is 2. The van der Waals surface area contributed by atoms with E-state index in [9.17, 15) is 13.6 Å². The first-order chi connectivity index (χ1) is 8.05. The highest BCUT2D eigenvalue weighted by molar-refractivity contribution is 6.07. The van der Waals surface area contributed by atoms with Gasteiger partial charge >= 0.3 is 5.92 Å². The van der Waals surface area contributed by atoms with Gasteiger partial charge in [0.1, 0.15) is 5.75 Å². The van der Waals surface area contributed by atoms with Crippen molar-refractivity contribution in [3.8, 4) is 5.75 Å². The number of hydrogen-bond acceptors (Lipinski definition) is 2. The summed E-state index contributed by atoms with van der Waals surface area (Å²) in [6.07, 6.45) is 3.47. The standard InChI is InChI=1S/C13H10F2O2/c1-17-10-7-5-9(6-8-10)11-3-2-4-12(16)13(11,14)15/h2-8H,1H3. The lowest BCUT2D eigenvalue weighted by atomic mass is 9.93. The number of hydrogen-bond donors (Lipinski definition) is 0. The number of methoxy groups -OCH3 is 1. The number of ketones is 1. The molecule has 0 saturated heterocycles. The Bertz CT molecular complexity index is 499. The molecule has 0 unspecified atom stereocenters. The Morgan fingerprint density at radius 1 is 1.18 bits per heavy atom. The maximum absolute atomic E-state index is 13.6. The zero-order chi connectivity index (χ0) is 12.5. The van der Waals surface area contributed by atoms with Crippen molar-refractivity contribution in [2.24, 2.45) is 0 Å². The van der Waals surface area contributed by atoms with E-state index in [1.807, 2.05) is 0 Å². The van der Waals surface area contributed by atoms with Crippen molar-refractivity contribution in [2.45, 2.75) is 5.92 Å². The number of ether oxygens (including phenoxy) is 1. The Hall–Kier alpha value is -1.97. The SMILES string of the molecule is COc1ccc(C2=CC=CC(=O)C2(F)F)cc1. The smallest absolute Gasteiger partial charge is 0.334 e. The van der Waals surface area contributed by atoms with Gasteiger partial charge in [0.05, 0.1) is 7.11 Å². The molecule has 4 heteroatoms. The van der Waals surface area contributed by atoms with Gasteiger partial charge in [-0.25, -0.2) is 0 Å². The van der Waals surface area contributed by atoms with Gasteiger partial charge in [-0.05, 0) is 23.8 Å². The van der Waals surface area contributed by atoms with Crippen LogP contribution in [0.1, 0.15) is 5.56 Å². The van der Waals surface area contributed by atoms with Crippen molar-refractivity contribution in [3.63, 3.8) is 0 Å². The van der Waals surface area contributed by atoms with Gasteiger partial charge in [-0.15, -0.1) is 0 Å². The number of halogens is 2. The summed E-state index contributed by atoms with van der Waals surface area (Å²) < 4.78 is 32.2. The van der Waals surface area contributed by atoms with Crippen molar-refractivity contribution >= 4 is 11.4 Å². The topological polar surface area (TPSA) is 26.3 Å². The molecular weight excluding hydrogens is 226 g/mol. The summed E-state index contributed by atoms with van der Waals surface area (Å²) in [5, 5.41) is 0. The molecule has 1 aromatic rings. The van der Waals surface area contributed by atoms with Crippen LogP contribution in [0, 0.1) is 0 Å². The van der Waals surface area contributed by atoms with Crippen LogP contribution in [0.15, 0.2) is 42.5 Å². The van der Waals surface area contributed by atoms with Crippen LogP contribution in [0.4, 0.5) is 8.78 Å². The molecule has 0 N–H and O–H groups in total. The molecule has 17 heavy (non-hydrogen) atoms. The van der Waals surface area contributed by atoms with Crippen molar-refractivity contribution in [2.75, 3.05) is 7.11 Å². The summed E-state index contributed by atoms with van der Waals surface area (Å²) in [5.41, 5.74) is 0.0288. The van der Waals surface area contributed by atoms with Crippen LogP contribution < -0.4 is 4.74 Å². The first kappa shape index (κ1) is 11.5. The Morgan fingerprint density at radius 3 is 2.41 bits per heavy atom. The molecule has 1 aliphatic carbocycles. The molecule has 0 fully saturated rings. The molecule has 0 aliphatic heterocycles. The third-order valence-electron chi connectivity index (χ3n) is 2.56. The Balaban J connectivity index is 2.42. The molecule has 0 aromatic heterocycles. The molecule has 0 heterocycles. The van der Waals surface area contributed by atoms with Crippen molar-refractivity contribution < 1.29 is 18.3 Å². The molecule has 2 nitrogen and oxygen atoms in total. The van der Waals surface area contributed by atoms with Crippen LogP contribution >= 0.6 is 0 Å². The first-order valence-corrected chi connectivity index (χ1v) is 5.01. The minimum absolute atomic E-state index is 0.285. The lowest BCUT2D eigenvalue weighted by Crippen LogP contribution is -2.30. The maximum Gasteiger partial charge on any atom is 0.334 e. The number of alkyl halides is 2. The number of benzene rings is 1. The van der Waals surface area contributed by atoms with Crippen molar-refractivity contribution in [1.82, 2.24) is 0 Å². The van der Waals surface area contributed by atoms with Gasteiger partial charge in [-0.3, -0.25) is 4.79 Å². The largest absolute Gasteiger partial charge is 0.497 e. The second-order valence-electron chi connectivity index (χ2n) is 3.61. The lowest BCUT2D eigenvalue weighted by molar-refractivity contribution is -0.130. The van der Waals surface area contributed by atoms with Crippen LogP contribution in [0.5, 0.6) is 5.75 Å². The summed E-state index contributed by atoms with van der Waals surface area (Å²) in [7, 11) is 1.50. The molecule has 0 spiro atoms. The van der Waals surface area contributed by atoms with E-state index in [2.05, 4.69) is 0 Å². The van der Waals surface area contributed by atoms with Gasteiger partial charge in [0.25, 0.3) is 0 Å². The highest BCUT2D eigenvalue weighted by Crippen LogP contribution is 2.36. The molecular formula is C13H10F2O2. The molecule has 1 aromatic carbocycles. The normalized spacial score (nSPS) is 17.8. The molecule has 0 amide bonds. The number of allylic oxidation sites excluding steroid dienone is 4. The van der Waals surface area contributed by atoms with Gasteiger partial charge in [-0.1, -0.05) is 24.3 Å². The zero-order valence-electron chi connectivity index (χ0n) is 9.11. The summed E-state index contributed by atoms with van der Waals surface area (Å²) in [5.74, 6) is -4.07. The fourth-order valence-corrected chi connectivity index (χ4v) is 1.62. The second-order valence-corrected chi connectivity index (χ2v) is 3.61. The van der Waals surface area contributed by atoms with E-state index in [0.717, 1.165) is 6.08 Å². The number of carbonyl (C=O) groups is 1. The molecule has 0 bridgehead atoms. The van der Waals surface area contributed by atoms with Crippen LogP contribution in [0.3, 0.4) is 0 Å². The van der Waals surface area contributed by atoms with E-state index in [0.29, 0.717) is 11.3 Å². The van der Waals surface area contributed by atoms with Gasteiger partial charge in [-0.2, -0.15) is 8.78 Å². The zero-order valence-corrected chi connectivity index (χ0v) is 9.11. The molecule has 1 aliphatic rings. The van der Waals surface area contributed by atoms with E-state index in [4.69, 9.17) is 4.74 Å². The Morgan fingerprint density at radius 2 is 1.82 bits per heavy atom. The monoisotopic (exact) mass is 236 g/mol. The Labute approximate surface area is 97.2 Å². The third-order valence-corrected chi connectivity index (χ3v) is 2.56. The lowest BCUT2D eigenvalue weighted by Gasteiger charge is -2.19. The van der Waals surface area contributed by atoms with Crippen LogP contribution in [-0.2, 0) is 4.79 Å². The predicted octanol–water partition coefficient (Wildman–Crippen LogP) is 2.85. The highest BCUT2D eigenvalue weighted by atomic mass is 19.3. The minimum Gasteiger partial charge on any atom is -0.497 e. The average molecular weight is 236 g/mol. The summed E-state index contributed by atoms with van der Waals surface area (Å²) >= 11 is 0. The Kier molecular flexibility index (Phi) is 2.79. The van der Waals surface area contributed by atoms with Crippen LogP contribution in [0.2, 0.25) is 0 Å². The van der Waals surface area contributed by atoms with E-state index >= 15 is 0 Å². The van der Waals surface area contributed by atoms with Gasteiger partial charge in [0.2, 0.25) is 5.78 Å². The third kappa shape index (κ3) is 1.98. The average Bonchev–Trinajstić information content (AvgIpc) is 2.33. The fraction of sp³-hybridized carbons (Fsp3) is 0.154. The van der Waals surface area contributed by atoms with E-state index < -0.39 is 11.7 Å². The second kappa shape index (κ2) is 4.13. The maximum atomic E-state index is 13.6. The van der Waals surface area contributed by atoms with E-state index in [-0.39, 0.29) is 5.57 Å². The molecule has 0 saturated carbocycles. The summed E-state index contributed by atoms with van der Waals surface area (Å²) in [4.78, 5) is 11.1. The van der Waals surface area contributed by atoms with Crippen molar-refractivity contribution in [3.05, 3.63) is 48.1 Å². The minimum atomic E-state index is -3.46. The molecule has 0 radical (unpaired) electrons. The molecule has 2 rings (SSSR count). The first-order valence-electron chi connectivity index (χ1n) is 5.01. The summed E-state index contributed by atoms with van der Waals surface area (Å²) in [6.45, 7) is 0. The predicted molar refractivity (Wildman–Crippen MR) is 60.1 cm³/mol.